The normalized spacial score (nSPS) is 11.9. The van der Waals surface area contributed by atoms with Gasteiger partial charge in [0.1, 0.15) is 11.3 Å². The van der Waals surface area contributed by atoms with E-state index in [4.69, 9.17) is 16.6 Å². The minimum Gasteiger partial charge on any atom is -0.310 e. The number of nitrogens with zero attached hydrogens (tertiary/aromatic N) is 4. The van der Waals surface area contributed by atoms with Crippen molar-refractivity contribution in [1.82, 2.24) is 19.3 Å². The van der Waals surface area contributed by atoms with Gasteiger partial charge in [0.05, 0.1) is 5.69 Å². The highest BCUT2D eigenvalue weighted by Crippen LogP contribution is 2.27. The first-order chi connectivity index (χ1) is 9.17. The second-order valence-electron chi connectivity index (χ2n) is 4.90. The zero-order chi connectivity index (χ0) is 14.0. The molecule has 0 spiro atoms. The van der Waals surface area contributed by atoms with E-state index in [2.05, 4.69) is 30.4 Å². The smallest absolute Gasteiger partial charge is 0.158 e. The molecule has 106 valence electrons. The maximum atomic E-state index is 5.93. The van der Waals surface area contributed by atoms with E-state index in [1.54, 1.807) is 0 Å². The van der Waals surface area contributed by atoms with Gasteiger partial charge in [0.2, 0.25) is 0 Å². The fraction of sp³-hybridized carbons (Fsp3) is 0.714. The molecule has 0 bridgehead atoms. The molecule has 2 rings (SSSR count). The van der Waals surface area contributed by atoms with Gasteiger partial charge in [-0.25, -0.2) is 4.98 Å². The molecule has 0 aliphatic carbocycles. The summed E-state index contributed by atoms with van der Waals surface area (Å²) >= 11 is 5.93. The Bertz CT molecular complexity index is 551. The van der Waals surface area contributed by atoms with Gasteiger partial charge in [-0.05, 0) is 19.3 Å². The van der Waals surface area contributed by atoms with Crippen molar-refractivity contribution in [3.8, 4) is 0 Å². The van der Waals surface area contributed by atoms with Gasteiger partial charge in [-0.15, -0.1) is 11.6 Å². The summed E-state index contributed by atoms with van der Waals surface area (Å²) in [7, 11) is 2.01. The monoisotopic (exact) mass is 282 g/mol. The Morgan fingerprint density at radius 3 is 2.42 bits per heavy atom. The highest BCUT2D eigenvalue weighted by atomic mass is 35.5. The average Bonchev–Trinajstić information content (AvgIpc) is 2.91. The fourth-order valence-electron chi connectivity index (χ4n) is 2.78. The third-order valence-corrected chi connectivity index (χ3v) is 3.96. The van der Waals surface area contributed by atoms with Crippen LogP contribution < -0.4 is 0 Å². The lowest BCUT2D eigenvalue weighted by molar-refractivity contribution is 0.460. The van der Waals surface area contributed by atoms with Gasteiger partial charge in [-0.2, -0.15) is 5.10 Å². The lowest BCUT2D eigenvalue weighted by Crippen LogP contribution is -2.14. The molecule has 0 amide bonds. The first-order valence-corrected chi connectivity index (χ1v) is 7.69. The predicted octanol–water partition coefficient (Wildman–Crippen LogP) is 3.47. The van der Waals surface area contributed by atoms with E-state index < -0.39 is 0 Å². The zero-order valence-electron chi connectivity index (χ0n) is 12.3. The molecule has 0 atom stereocenters. The fourth-order valence-corrected chi connectivity index (χ4v) is 2.95. The second-order valence-corrected chi connectivity index (χ2v) is 5.28. The number of fused-ring (bicyclic) bond motifs is 1. The zero-order valence-corrected chi connectivity index (χ0v) is 13.0. The van der Waals surface area contributed by atoms with E-state index >= 15 is 0 Å². The first-order valence-electron chi connectivity index (χ1n) is 7.16. The molecule has 5 heteroatoms. The second kappa shape index (κ2) is 5.95. The topological polar surface area (TPSA) is 35.6 Å². The molecular formula is C14H23ClN4. The molecule has 2 aromatic rings. The van der Waals surface area contributed by atoms with E-state index in [0.29, 0.717) is 11.9 Å². The van der Waals surface area contributed by atoms with Gasteiger partial charge in [-0.1, -0.05) is 20.8 Å². The molecule has 2 aromatic heterocycles. The average molecular weight is 283 g/mol. The highest BCUT2D eigenvalue weighted by Gasteiger charge is 2.21. The number of alkyl halides is 1. The van der Waals surface area contributed by atoms with Crippen molar-refractivity contribution < 1.29 is 0 Å². The first kappa shape index (κ1) is 14.4. The van der Waals surface area contributed by atoms with Crippen molar-refractivity contribution in [2.45, 2.75) is 52.5 Å². The van der Waals surface area contributed by atoms with Crippen molar-refractivity contribution >= 4 is 22.8 Å². The summed E-state index contributed by atoms with van der Waals surface area (Å²) in [6, 6.07) is 0.475. The van der Waals surface area contributed by atoms with Crippen LogP contribution in [0.1, 0.15) is 51.2 Å². The van der Waals surface area contributed by atoms with E-state index in [9.17, 15) is 0 Å². The van der Waals surface area contributed by atoms with Gasteiger partial charge in [-0.3, -0.25) is 4.68 Å². The van der Waals surface area contributed by atoms with Crippen molar-refractivity contribution in [3.63, 3.8) is 0 Å². The molecule has 2 heterocycles. The molecule has 4 nitrogen and oxygen atoms in total. The summed E-state index contributed by atoms with van der Waals surface area (Å²) < 4.78 is 4.32. The van der Waals surface area contributed by atoms with E-state index in [1.165, 1.54) is 0 Å². The van der Waals surface area contributed by atoms with Gasteiger partial charge in [0, 0.05) is 25.4 Å². The van der Waals surface area contributed by atoms with Crippen LogP contribution in [0.4, 0.5) is 0 Å². The summed E-state index contributed by atoms with van der Waals surface area (Å²) in [5, 5.41) is 4.58. The quantitative estimate of drug-likeness (QED) is 0.761. The summed E-state index contributed by atoms with van der Waals surface area (Å²) in [5.41, 5.74) is 3.28. The van der Waals surface area contributed by atoms with E-state index in [1.807, 2.05) is 11.7 Å². The van der Waals surface area contributed by atoms with Crippen LogP contribution in [0.25, 0.3) is 11.2 Å². The van der Waals surface area contributed by atoms with Crippen molar-refractivity contribution in [2.24, 2.45) is 7.05 Å². The predicted molar refractivity (Wildman–Crippen MR) is 79.9 cm³/mol. The van der Waals surface area contributed by atoms with Gasteiger partial charge in [0.15, 0.2) is 5.65 Å². The van der Waals surface area contributed by atoms with Crippen molar-refractivity contribution in [2.75, 3.05) is 5.88 Å². The highest BCUT2D eigenvalue weighted by molar-refractivity contribution is 6.17. The Kier molecular flexibility index (Phi) is 4.50. The van der Waals surface area contributed by atoms with E-state index in [-0.39, 0.29) is 0 Å². The van der Waals surface area contributed by atoms with Gasteiger partial charge < -0.3 is 4.57 Å². The summed E-state index contributed by atoms with van der Waals surface area (Å²) in [5.74, 6) is 1.71. The maximum Gasteiger partial charge on any atom is 0.158 e. The van der Waals surface area contributed by atoms with Crippen LogP contribution in [0, 0.1) is 0 Å². The standard InChI is InChI=1S/C14H23ClN4/c1-5-10(6-2)19-12(8-9-15)16-13-11(7-3)17-18(4)14(13)19/h10H,5-9H2,1-4H3. The van der Waals surface area contributed by atoms with Crippen LogP contribution >= 0.6 is 11.6 Å². The molecule has 0 unspecified atom stereocenters. The molecule has 19 heavy (non-hydrogen) atoms. The lowest BCUT2D eigenvalue weighted by atomic mass is 10.1. The Balaban J connectivity index is 2.68. The summed E-state index contributed by atoms with van der Waals surface area (Å²) in [6.45, 7) is 6.57. The molecule has 0 radical (unpaired) electrons. The SMILES string of the molecule is CCc1nn(C)c2c1nc(CCCl)n2C(CC)CC. The third kappa shape index (κ3) is 2.38. The lowest BCUT2D eigenvalue weighted by Gasteiger charge is -2.18. The minimum atomic E-state index is 0.475. The number of imidazole rings is 1. The Labute approximate surface area is 119 Å². The third-order valence-electron chi connectivity index (χ3n) is 3.77. The van der Waals surface area contributed by atoms with Gasteiger partial charge >= 0.3 is 0 Å². The van der Waals surface area contributed by atoms with Gasteiger partial charge in [0.25, 0.3) is 0 Å². The molecule has 0 aromatic carbocycles. The molecule has 0 N–H and O–H groups in total. The number of hydrogen-bond donors (Lipinski definition) is 0. The maximum absolute atomic E-state index is 5.93. The molecule has 0 saturated carbocycles. The Morgan fingerprint density at radius 2 is 1.89 bits per heavy atom. The molecule has 0 fully saturated rings. The van der Waals surface area contributed by atoms with Crippen LogP contribution in [-0.2, 0) is 19.9 Å². The van der Waals surface area contributed by atoms with Crippen LogP contribution in [0.2, 0.25) is 0 Å². The van der Waals surface area contributed by atoms with Crippen LogP contribution in [-0.4, -0.2) is 25.2 Å². The van der Waals surface area contributed by atoms with E-state index in [0.717, 1.165) is 48.4 Å². The number of hydrogen-bond acceptors (Lipinski definition) is 2. The van der Waals surface area contributed by atoms with Crippen LogP contribution in [0.15, 0.2) is 0 Å². The number of rotatable bonds is 6. The number of halogens is 1. The Morgan fingerprint density at radius 1 is 1.21 bits per heavy atom. The molecular weight excluding hydrogens is 260 g/mol. The molecule has 0 saturated heterocycles. The largest absolute Gasteiger partial charge is 0.310 e. The molecule has 0 aliphatic rings. The van der Waals surface area contributed by atoms with Crippen LogP contribution in [0.3, 0.4) is 0 Å². The summed E-state index contributed by atoms with van der Waals surface area (Å²) in [4.78, 5) is 4.81. The van der Waals surface area contributed by atoms with Crippen LogP contribution in [0.5, 0.6) is 0 Å². The number of aromatic nitrogens is 4. The minimum absolute atomic E-state index is 0.475. The van der Waals surface area contributed by atoms with Crippen molar-refractivity contribution in [3.05, 3.63) is 11.5 Å². The number of aryl methyl sites for hydroxylation is 3. The Hall–Kier alpha value is -1.03. The molecule has 0 aliphatic heterocycles. The summed E-state index contributed by atoms with van der Waals surface area (Å²) in [6.07, 6.45) is 3.93. The van der Waals surface area contributed by atoms with Crippen molar-refractivity contribution in [1.29, 1.82) is 0 Å².